The first-order valence-corrected chi connectivity index (χ1v) is 9.32. The van der Waals surface area contributed by atoms with Crippen LogP contribution in [0.4, 0.5) is 13.2 Å². The molecule has 1 saturated heterocycles. The predicted molar refractivity (Wildman–Crippen MR) is 96.2 cm³/mol. The molecule has 0 bridgehead atoms. The zero-order chi connectivity index (χ0) is 19.9. The first-order valence-electron chi connectivity index (χ1n) is 8.33. The monoisotopic (exact) mass is 402 g/mol. The van der Waals surface area contributed by atoms with Crippen LogP contribution in [0.25, 0.3) is 0 Å². The third-order valence-corrected chi connectivity index (χ3v) is 4.87. The van der Waals surface area contributed by atoms with Crippen molar-refractivity contribution in [3.05, 3.63) is 36.5 Å². The van der Waals surface area contributed by atoms with E-state index in [1.165, 1.54) is 6.07 Å². The minimum Gasteiger partial charge on any atom is -0.352 e. The van der Waals surface area contributed by atoms with E-state index in [0.29, 0.717) is 37.7 Å². The number of thioether (sulfide) groups is 1. The Morgan fingerprint density at radius 2 is 1.96 bits per heavy atom. The van der Waals surface area contributed by atoms with Gasteiger partial charge in [0.05, 0.1) is 22.9 Å². The van der Waals surface area contributed by atoms with Gasteiger partial charge in [0, 0.05) is 38.9 Å². The number of aromatic nitrogens is 1. The molecule has 2 rings (SSSR count). The van der Waals surface area contributed by atoms with Crippen molar-refractivity contribution < 1.29 is 22.8 Å². The Balaban J connectivity index is 1.73. The highest BCUT2D eigenvalue weighted by molar-refractivity contribution is 7.99. The van der Waals surface area contributed by atoms with Crippen molar-refractivity contribution >= 4 is 23.6 Å². The van der Waals surface area contributed by atoms with Gasteiger partial charge in [0.1, 0.15) is 0 Å². The molecule has 0 aliphatic carbocycles. The Hall–Kier alpha value is -2.07. The molecule has 1 aliphatic heterocycles. The van der Waals surface area contributed by atoms with Crippen molar-refractivity contribution in [2.45, 2.75) is 11.2 Å². The number of nitrogens with one attached hydrogen (secondary N) is 1. The third kappa shape index (κ3) is 6.87. The highest BCUT2D eigenvalue weighted by Gasteiger charge is 2.30. The van der Waals surface area contributed by atoms with Crippen molar-refractivity contribution in [2.24, 2.45) is 0 Å². The lowest BCUT2D eigenvalue weighted by Crippen LogP contribution is -2.51. The number of hydrogen-bond acceptors (Lipinski definition) is 5. The number of rotatable bonds is 7. The molecule has 1 N–H and O–H groups in total. The second-order valence-corrected chi connectivity index (χ2v) is 6.92. The lowest BCUT2D eigenvalue weighted by Gasteiger charge is -2.34. The lowest BCUT2D eigenvalue weighted by atomic mass is 10.3. The molecule has 0 aromatic carbocycles. The number of carbonyl (C=O) groups excluding carboxylic acids is 2. The minimum absolute atomic E-state index is 0.0846. The van der Waals surface area contributed by atoms with E-state index in [4.69, 9.17) is 0 Å². The molecule has 1 aliphatic rings. The quantitative estimate of drug-likeness (QED) is 0.555. The van der Waals surface area contributed by atoms with Crippen molar-refractivity contribution in [1.29, 1.82) is 0 Å². The standard InChI is InChI=1S/C17H21F3N4O2S/c1-2-5-21-14(25)11-23-6-8-24(9-7-23)16(26)12-27-15-4-3-13(10-22-15)17(18,19)20/h2-4,10H,1,5-9,11-12H2,(H,21,25). The fourth-order valence-corrected chi connectivity index (χ4v) is 3.21. The van der Waals surface area contributed by atoms with Crippen molar-refractivity contribution in [1.82, 2.24) is 20.1 Å². The van der Waals surface area contributed by atoms with Crippen LogP contribution < -0.4 is 5.32 Å². The fraction of sp³-hybridized carbons (Fsp3) is 0.471. The average molecular weight is 402 g/mol. The fourth-order valence-electron chi connectivity index (χ4n) is 2.46. The van der Waals surface area contributed by atoms with Crippen LogP contribution in [0.3, 0.4) is 0 Å². The molecule has 0 radical (unpaired) electrons. The lowest BCUT2D eigenvalue weighted by molar-refractivity contribution is -0.138. The Morgan fingerprint density at radius 3 is 2.52 bits per heavy atom. The van der Waals surface area contributed by atoms with Crippen molar-refractivity contribution in [3.8, 4) is 0 Å². The molecule has 1 fully saturated rings. The zero-order valence-electron chi connectivity index (χ0n) is 14.7. The normalized spacial score (nSPS) is 15.4. The molecule has 2 heterocycles. The maximum atomic E-state index is 12.5. The van der Waals surface area contributed by atoms with Crippen LogP contribution in [-0.4, -0.2) is 71.6 Å². The SMILES string of the molecule is C=CCNC(=O)CN1CCN(C(=O)CSc2ccc(C(F)(F)F)cn2)CC1. The second-order valence-electron chi connectivity index (χ2n) is 5.92. The molecule has 0 atom stereocenters. The van der Waals surface area contributed by atoms with Gasteiger partial charge in [-0.3, -0.25) is 14.5 Å². The van der Waals surface area contributed by atoms with E-state index in [2.05, 4.69) is 16.9 Å². The Kier molecular flexibility index (Phi) is 7.66. The highest BCUT2D eigenvalue weighted by Crippen LogP contribution is 2.29. The summed E-state index contributed by atoms with van der Waals surface area (Å²) in [5.41, 5.74) is -0.813. The molecule has 2 amide bonds. The molecular formula is C17H21F3N4O2S. The summed E-state index contributed by atoms with van der Waals surface area (Å²) in [4.78, 5) is 31.3. The van der Waals surface area contributed by atoms with Crippen LogP contribution in [0.2, 0.25) is 0 Å². The summed E-state index contributed by atoms with van der Waals surface area (Å²) in [5, 5.41) is 3.07. The van der Waals surface area contributed by atoms with Crippen LogP contribution in [0.1, 0.15) is 5.56 Å². The van der Waals surface area contributed by atoms with Gasteiger partial charge in [0.15, 0.2) is 0 Å². The molecule has 1 aromatic heterocycles. The molecule has 27 heavy (non-hydrogen) atoms. The molecule has 10 heteroatoms. The highest BCUT2D eigenvalue weighted by atomic mass is 32.2. The van der Waals surface area contributed by atoms with Gasteiger partial charge < -0.3 is 10.2 Å². The Bertz CT molecular complexity index is 659. The molecular weight excluding hydrogens is 381 g/mol. The number of halogens is 3. The number of hydrogen-bond donors (Lipinski definition) is 1. The van der Waals surface area contributed by atoms with Gasteiger partial charge in [-0.1, -0.05) is 17.8 Å². The van der Waals surface area contributed by atoms with Gasteiger partial charge in [-0.2, -0.15) is 13.2 Å². The van der Waals surface area contributed by atoms with E-state index in [1.54, 1.807) is 11.0 Å². The minimum atomic E-state index is -4.42. The van der Waals surface area contributed by atoms with Crippen molar-refractivity contribution in [2.75, 3.05) is 45.0 Å². The van der Waals surface area contributed by atoms with Crippen LogP contribution in [0.5, 0.6) is 0 Å². The summed E-state index contributed by atoms with van der Waals surface area (Å²) in [5.74, 6) is -0.0749. The van der Waals surface area contributed by atoms with Gasteiger partial charge in [-0.25, -0.2) is 4.98 Å². The van der Waals surface area contributed by atoms with E-state index >= 15 is 0 Å². The largest absolute Gasteiger partial charge is 0.417 e. The van der Waals surface area contributed by atoms with E-state index in [0.717, 1.165) is 24.0 Å². The smallest absolute Gasteiger partial charge is 0.352 e. The summed E-state index contributed by atoms with van der Waals surface area (Å²) in [6.07, 6.45) is -2.05. The van der Waals surface area contributed by atoms with Gasteiger partial charge in [0.2, 0.25) is 11.8 Å². The van der Waals surface area contributed by atoms with E-state index in [-0.39, 0.29) is 24.1 Å². The number of carbonyl (C=O) groups is 2. The van der Waals surface area contributed by atoms with E-state index in [1.807, 2.05) is 4.90 Å². The number of nitrogens with zero attached hydrogens (tertiary/aromatic N) is 3. The average Bonchev–Trinajstić information content (AvgIpc) is 2.64. The number of piperazine rings is 1. The second kappa shape index (κ2) is 9.75. The summed E-state index contributed by atoms with van der Waals surface area (Å²) >= 11 is 1.11. The Labute approximate surface area is 159 Å². The number of pyridine rings is 1. The maximum Gasteiger partial charge on any atom is 0.417 e. The zero-order valence-corrected chi connectivity index (χ0v) is 15.5. The Morgan fingerprint density at radius 1 is 1.26 bits per heavy atom. The molecule has 148 valence electrons. The predicted octanol–water partition coefficient (Wildman–Crippen LogP) is 1.64. The van der Waals surface area contributed by atoms with Crippen molar-refractivity contribution in [3.63, 3.8) is 0 Å². The summed E-state index contributed by atoms with van der Waals surface area (Å²) < 4.78 is 37.5. The van der Waals surface area contributed by atoms with Crippen LogP contribution in [0.15, 0.2) is 36.0 Å². The van der Waals surface area contributed by atoms with Gasteiger partial charge in [-0.05, 0) is 12.1 Å². The van der Waals surface area contributed by atoms with Crippen LogP contribution in [0, 0.1) is 0 Å². The molecule has 0 spiro atoms. The third-order valence-electron chi connectivity index (χ3n) is 3.94. The number of amides is 2. The topological polar surface area (TPSA) is 65.5 Å². The first kappa shape index (κ1) is 21.2. The summed E-state index contributed by atoms with van der Waals surface area (Å²) in [7, 11) is 0. The van der Waals surface area contributed by atoms with E-state index in [9.17, 15) is 22.8 Å². The molecule has 6 nitrogen and oxygen atoms in total. The first-order chi connectivity index (χ1) is 12.8. The van der Waals surface area contributed by atoms with Gasteiger partial charge in [-0.15, -0.1) is 6.58 Å². The maximum absolute atomic E-state index is 12.5. The van der Waals surface area contributed by atoms with Crippen LogP contribution >= 0.6 is 11.8 Å². The number of alkyl halides is 3. The molecule has 1 aromatic rings. The van der Waals surface area contributed by atoms with E-state index < -0.39 is 11.7 Å². The molecule has 0 unspecified atom stereocenters. The molecule has 0 saturated carbocycles. The van der Waals surface area contributed by atoms with Gasteiger partial charge in [0.25, 0.3) is 0 Å². The summed E-state index contributed by atoms with van der Waals surface area (Å²) in [6, 6.07) is 2.22. The van der Waals surface area contributed by atoms with Gasteiger partial charge >= 0.3 is 6.18 Å². The van der Waals surface area contributed by atoms with Crippen LogP contribution in [-0.2, 0) is 15.8 Å². The summed E-state index contributed by atoms with van der Waals surface area (Å²) in [6.45, 7) is 6.44.